The Morgan fingerprint density at radius 1 is 0.556 bits per heavy atom. The molecular formula is C49H31N3OS. The molecule has 0 aliphatic heterocycles. The second-order valence-corrected chi connectivity index (χ2v) is 15.3. The van der Waals surface area contributed by atoms with Crippen molar-refractivity contribution in [3.05, 3.63) is 169 Å². The lowest BCUT2D eigenvalue weighted by Gasteiger charge is -2.10. The lowest BCUT2D eigenvalue weighted by molar-refractivity contribution is 0.574. The van der Waals surface area contributed by atoms with E-state index in [0.717, 1.165) is 51.4 Å². The van der Waals surface area contributed by atoms with Gasteiger partial charge in [0.25, 0.3) is 0 Å². The molecule has 7 aromatic carbocycles. The number of thiophene rings is 1. The Hall–Kier alpha value is -6.69. The molecule has 0 saturated carbocycles. The van der Waals surface area contributed by atoms with E-state index in [9.17, 15) is 0 Å². The Balaban J connectivity index is 1.13. The minimum absolute atomic E-state index is 0.565. The third-order valence-electron chi connectivity index (χ3n) is 11.2. The minimum atomic E-state index is 0.565. The summed E-state index contributed by atoms with van der Waals surface area (Å²) in [5.74, 6) is 0. The van der Waals surface area contributed by atoms with Crippen LogP contribution in [-0.4, -0.2) is 14.1 Å². The molecule has 1 aliphatic rings. The van der Waals surface area contributed by atoms with E-state index in [2.05, 4.69) is 173 Å². The highest BCUT2D eigenvalue weighted by Gasteiger charge is 2.23. The van der Waals surface area contributed by atoms with Gasteiger partial charge in [0.1, 0.15) is 5.52 Å². The first-order valence-electron chi connectivity index (χ1n) is 18.5. The highest BCUT2D eigenvalue weighted by molar-refractivity contribution is 7.26. The molecule has 0 fully saturated rings. The smallest absolute Gasteiger partial charge is 0.307 e. The molecule has 54 heavy (non-hydrogen) atoms. The molecule has 4 nitrogen and oxygen atoms in total. The van der Waals surface area contributed by atoms with Crippen molar-refractivity contribution in [3.63, 3.8) is 0 Å². The first-order valence-corrected chi connectivity index (χ1v) is 19.3. The van der Waals surface area contributed by atoms with Crippen molar-refractivity contribution in [1.82, 2.24) is 14.1 Å². The van der Waals surface area contributed by atoms with Gasteiger partial charge in [-0.05, 0) is 78.1 Å². The molecule has 1 aliphatic carbocycles. The van der Waals surface area contributed by atoms with Crippen LogP contribution in [0.1, 0.15) is 18.4 Å². The zero-order valence-corrected chi connectivity index (χ0v) is 30.0. The van der Waals surface area contributed by atoms with E-state index >= 15 is 0 Å². The molecule has 4 aromatic heterocycles. The van der Waals surface area contributed by atoms with Crippen molar-refractivity contribution in [2.24, 2.45) is 0 Å². The zero-order valence-electron chi connectivity index (χ0n) is 29.2. The maximum atomic E-state index is 6.96. The van der Waals surface area contributed by atoms with E-state index in [1.54, 1.807) is 0 Å². The van der Waals surface area contributed by atoms with Crippen LogP contribution in [0, 0.1) is 0 Å². The number of hydrogen-bond donors (Lipinski definition) is 0. The lowest BCUT2D eigenvalue weighted by Crippen LogP contribution is -1.97. The fraction of sp³-hybridized carbons (Fsp3) is 0.0408. The van der Waals surface area contributed by atoms with Crippen molar-refractivity contribution < 1.29 is 4.42 Å². The molecule has 0 spiro atoms. The number of hydrogen-bond acceptors (Lipinski definition) is 3. The van der Waals surface area contributed by atoms with Crippen LogP contribution in [-0.2, 0) is 0 Å². The van der Waals surface area contributed by atoms with Gasteiger partial charge >= 0.3 is 6.01 Å². The SMILES string of the molecule is C1=CC(c2cccc(-c3cc4oc(-n5c6ccccc6c6ccc(-n7c8ccccc8c8ccccc87)cc65)nc4c4c3sc3ccccc34)c2)=CCC1. The monoisotopic (exact) mass is 709 g/mol. The Morgan fingerprint density at radius 2 is 1.22 bits per heavy atom. The van der Waals surface area contributed by atoms with Gasteiger partial charge in [0.15, 0.2) is 5.58 Å². The highest BCUT2D eigenvalue weighted by Crippen LogP contribution is 2.45. The predicted molar refractivity (Wildman–Crippen MR) is 227 cm³/mol. The van der Waals surface area contributed by atoms with E-state index < -0.39 is 0 Å². The van der Waals surface area contributed by atoms with E-state index in [4.69, 9.17) is 9.40 Å². The quantitative estimate of drug-likeness (QED) is 0.182. The van der Waals surface area contributed by atoms with Crippen LogP contribution in [0.3, 0.4) is 0 Å². The van der Waals surface area contributed by atoms with Gasteiger partial charge in [0, 0.05) is 53.0 Å². The van der Waals surface area contributed by atoms with Gasteiger partial charge in [-0.15, -0.1) is 11.3 Å². The number of allylic oxidation sites excluding steroid dienone is 4. The summed E-state index contributed by atoms with van der Waals surface area (Å²) in [4.78, 5) is 5.40. The van der Waals surface area contributed by atoms with Crippen LogP contribution >= 0.6 is 11.3 Å². The third-order valence-corrected chi connectivity index (χ3v) is 12.4. The van der Waals surface area contributed by atoms with Gasteiger partial charge in [0.05, 0.1) is 22.1 Å². The summed E-state index contributed by atoms with van der Waals surface area (Å²) >= 11 is 1.83. The van der Waals surface area contributed by atoms with Gasteiger partial charge in [-0.25, -0.2) is 0 Å². The Morgan fingerprint density at radius 3 is 1.96 bits per heavy atom. The summed E-state index contributed by atoms with van der Waals surface area (Å²) in [6.45, 7) is 0. The van der Waals surface area contributed by atoms with Crippen molar-refractivity contribution in [3.8, 4) is 22.8 Å². The van der Waals surface area contributed by atoms with Crippen molar-refractivity contribution in [2.45, 2.75) is 12.8 Å². The molecule has 0 saturated heterocycles. The maximum absolute atomic E-state index is 6.96. The summed E-state index contributed by atoms with van der Waals surface area (Å²) in [7, 11) is 0. The highest BCUT2D eigenvalue weighted by atomic mass is 32.1. The fourth-order valence-electron chi connectivity index (χ4n) is 8.77. The second-order valence-electron chi connectivity index (χ2n) is 14.2. The maximum Gasteiger partial charge on any atom is 0.307 e. The molecule has 5 heteroatoms. The number of benzene rings is 7. The Labute approximate surface area is 314 Å². The summed E-state index contributed by atoms with van der Waals surface area (Å²) in [5, 5.41) is 7.16. The van der Waals surface area contributed by atoms with Crippen LogP contribution < -0.4 is 0 Å². The molecule has 4 heterocycles. The largest absolute Gasteiger partial charge is 0.423 e. The molecule has 0 radical (unpaired) electrons. The van der Waals surface area contributed by atoms with Crippen LogP contribution in [0.4, 0.5) is 0 Å². The van der Waals surface area contributed by atoms with Gasteiger partial charge in [-0.2, -0.15) is 4.98 Å². The molecule has 0 amide bonds. The number of fused-ring (bicyclic) bond motifs is 11. The van der Waals surface area contributed by atoms with Crippen molar-refractivity contribution >= 4 is 91.8 Å². The van der Waals surface area contributed by atoms with Crippen LogP contribution in [0.2, 0.25) is 0 Å². The fourth-order valence-corrected chi connectivity index (χ4v) is 10.0. The molecular weight excluding hydrogens is 679 g/mol. The second kappa shape index (κ2) is 11.4. The average molecular weight is 710 g/mol. The van der Waals surface area contributed by atoms with Crippen molar-refractivity contribution in [1.29, 1.82) is 0 Å². The number of oxazole rings is 1. The van der Waals surface area contributed by atoms with Crippen molar-refractivity contribution in [2.75, 3.05) is 0 Å². The number of para-hydroxylation sites is 3. The van der Waals surface area contributed by atoms with Gasteiger partial charge in [-0.1, -0.05) is 115 Å². The first-order chi connectivity index (χ1) is 26.8. The van der Waals surface area contributed by atoms with Crippen LogP contribution in [0.15, 0.2) is 168 Å². The minimum Gasteiger partial charge on any atom is -0.423 e. The lowest BCUT2D eigenvalue weighted by atomic mass is 9.95. The molecule has 0 unspecified atom stereocenters. The topological polar surface area (TPSA) is 35.9 Å². The number of rotatable bonds is 4. The van der Waals surface area contributed by atoms with E-state index in [1.807, 2.05) is 11.3 Å². The Kier molecular flexibility index (Phi) is 6.30. The molecule has 254 valence electrons. The standard InChI is InChI=1S/C49H31N3OS/c1-2-13-30(14-3-1)31-15-12-16-32(27-31)39-29-44-47(46-38-20-7-11-24-45(38)54-48(39)46)50-49(53-44)52-42-23-10-6-19-36(42)37-26-25-33(28-43(37)52)51-40-21-8-4-17-34(40)35-18-5-9-22-41(35)51/h2,4-29H,1,3H2. The van der Waals surface area contributed by atoms with E-state index in [0.29, 0.717) is 6.01 Å². The zero-order chi connectivity index (χ0) is 35.3. The number of nitrogens with zero attached hydrogens (tertiary/aromatic N) is 3. The van der Waals surface area contributed by atoms with Crippen LogP contribution in [0.5, 0.6) is 0 Å². The predicted octanol–water partition coefficient (Wildman–Crippen LogP) is 13.8. The first kappa shape index (κ1) is 29.8. The summed E-state index contributed by atoms with van der Waals surface area (Å²) in [6.07, 6.45) is 9.05. The summed E-state index contributed by atoms with van der Waals surface area (Å²) in [5.41, 5.74) is 12.1. The Bertz CT molecular complexity index is 3350. The average Bonchev–Trinajstić information content (AvgIpc) is 4.00. The van der Waals surface area contributed by atoms with E-state index in [-0.39, 0.29) is 0 Å². The molecule has 11 aromatic rings. The summed E-state index contributed by atoms with van der Waals surface area (Å²) in [6, 6.07) is 53.1. The normalized spacial score (nSPS) is 13.4. The van der Waals surface area contributed by atoms with E-state index in [1.165, 1.54) is 64.2 Å². The van der Waals surface area contributed by atoms with Gasteiger partial charge in [-0.3, -0.25) is 4.57 Å². The molecule has 0 N–H and O–H groups in total. The van der Waals surface area contributed by atoms with Gasteiger partial charge in [0.2, 0.25) is 0 Å². The van der Waals surface area contributed by atoms with Crippen LogP contribution in [0.25, 0.3) is 103 Å². The molecule has 12 rings (SSSR count). The third kappa shape index (κ3) is 4.27. The van der Waals surface area contributed by atoms with Gasteiger partial charge < -0.3 is 8.98 Å². The molecule has 0 bridgehead atoms. The summed E-state index contributed by atoms with van der Waals surface area (Å²) < 4.78 is 14.0. The molecule has 0 atom stereocenters. The number of aromatic nitrogens is 3.